The van der Waals surface area contributed by atoms with Gasteiger partial charge in [-0.25, -0.2) is 0 Å². The summed E-state index contributed by atoms with van der Waals surface area (Å²) in [4.78, 5) is 7.56. The molecule has 0 aliphatic rings. The molecule has 30 heavy (non-hydrogen) atoms. The van der Waals surface area contributed by atoms with E-state index in [1.807, 2.05) is 36.4 Å². The largest absolute Gasteiger partial charge is 0.497 e. The van der Waals surface area contributed by atoms with E-state index >= 15 is 0 Å². The van der Waals surface area contributed by atoms with E-state index in [4.69, 9.17) is 32.8 Å². The Labute approximate surface area is 185 Å². The van der Waals surface area contributed by atoms with Gasteiger partial charge >= 0.3 is 0 Å². The summed E-state index contributed by atoms with van der Waals surface area (Å²) in [5, 5.41) is 8.04. The first kappa shape index (κ1) is 20.6. The van der Waals surface area contributed by atoms with Crippen molar-refractivity contribution in [3.8, 4) is 28.3 Å². The van der Waals surface area contributed by atoms with Crippen LogP contribution in [0.3, 0.4) is 0 Å². The molecular weight excluding hydrogens is 419 g/mol. The summed E-state index contributed by atoms with van der Waals surface area (Å²) in [5.74, 6) is 0.836. The van der Waals surface area contributed by atoms with Gasteiger partial charge in [-0.2, -0.15) is 0 Å². The molecule has 0 atom stereocenters. The van der Waals surface area contributed by atoms with Gasteiger partial charge in [0.05, 0.1) is 12.8 Å². The Bertz CT molecular complexity index is 1170. The van der Waals surface area contributed by atoms with Gasteiger partial charge in [0.1, 0.15) is 18.1 Å². The Morgan fingerprint density at radius 3 is 2.33 bits per heavy atom. The maximum Gasteiger partial charge on any atom is 0.119 e. The van der Waals surface area contributed by atoms with E-state index in [0.29, 0.717) is 16.7 Å². The third kappa shape index (κ3) is 4.40. The van der Waals surface area contributed by atoms with Gasteiger partial charge < -0.3 is 9.57 Å². The van der Waals surface area contributed by atoms with Crippen molar-refractivity contribution in [1.29, 1.82) is 0 Å². The summed E-state index contributed by atoms with van der Waals surface area (Å²) in [6.45, 7) is 2.72. The number of halogens is 2. The van der Waals surface area contributed by atoms with Gasteiger partial charge in [-0.3, -0.25) is 0 Å². The van der Waals surface area contributed by atoms with Crippen LogP contribution in [-0.2, 0) is 0 Å². The van der Waals surface area contributed by atoms with Crippen molar-refractivity contribution >= 4 is 34.0 Å². The third-order valence-corrected chi connectivity index (χ3v) is 5.33. The molecule has 3 aromatic carbocycles. The molecule has 4 rings (SSSR count). The van der Waals surface area contributed by atoms with Gasteiger partial charge in [0, 0.05) is 21.2 Å². The Hall–Kier alpha value is -2.69. The fraction of sp³-hybridized carbons (Fsp3) is 0.208. The number of benzene rings is 3. The number of rotatable bonds is 7. The highest BCUT2D eigenvalue weighted by atomic mass is 35.5. The summed E-state index contributed by atoms with van der Waals surface area (Å²) in [6.07, 6.45) is 2.00. The van der Waals surface area contributed by atoms with Crippen LogP contribution in [0.25, 0.3) is 33.3 Å². The quantitative estimate of drug-likeness (QED) is 0.292. The van der Waals surface area contributed by atoms with Crippen LogP contribution in [0, 0.1) is 0 Å². The fourth-order valence-corrected chi connectivity index (χ4v) is 3.83. The molecule has 0 spiro atoms. The summed E-state index contributed by atoms with van der Waals surface area (Å²) < 4.78 is 5.33. The van der Waals surface area contributed by atoms with Crippen LogP contribution in [0.5, 0.6) is 5.75 Å². The molecule has 0 radical (unpaired) electrons. The lowest BCUT2D eigenvalue weighted by atomic mass is 10.0. The van der Waals surface area contributed by atoms with E-state index in [-0.39, 0.29) is 0 Å². The van der Waals surface area contributed by atoms with Crippen molar-refractivity contribution < 1.29 is 9.57 Å². The average Bonchev–Trinajstić information content (AvgIpc) is 3.17. The summed E-state index contributed by atoms with van der Waals surface area (Å²) >= 11 is 12.4. The number of ether oxygens (including phenoxy) is 1. The monoisotopic (exact) mass is 440 g/mol. The second-order valence-electron chi connectivity index (χ2n) is 7.06. The van der Waals surface area contributed by atoms with E-state index in [2.05, 4.69) is 30.2 Å². The van der Waals surface area contributed by atoms with Crippen LogP contribution in [0.1, 0.15) is 19.8 Å². The van der Waals surface area contributed by atoms with Gasteiger partial charge in [0.25, 0.3) is 0 Å². The molecule has 0 amide bonds. The Kier molecular flexibility index (Phi) is 6.16. The molecule has 6 heteroatoms. The molecule has 1 aromatic heterocycles. The Morgan fingerprint density at radius 2 is 1.60 bits per heavy atom. The van der Waals surface area contributed by atoms with Gasteiger partial charge in [0.15, 0.2) is 0 Å². The molecule has 0 saturated carbocycles. The highest BCUT2D eigenvalue weighted by Crippen LogP contribution is 2.32. The average molecular weight is 441 g/mol. The Morgan fingerprint density at radius 1 is 0.867 bits per heavy atom. The molecule has 1 heterocycles. The number of methoxy groups -OCH3 is 1. The fourth-order valence-electron chi connectivity index (χ4n) is 3.31. The van der Waals surface area contributed by atoms with E-state index in [0.717, 1.165) is 51.9 Å². The van der Waals surface area contributed by atoms with Crippen molar-refractivity contribution in [2.45, 2.75) is 19.8 Å². The number of hydrogen-bond acceptors (Lipinski definition) is 3. The number of nitrogens with zero attached hydrogens (tertiary/aromatic N) is 2. The highest BCUT2D eigenvalue weighted by Gasteiger charge is 2.14. The SMILES string of the molecule is CCCCOn1nc(-c2cc(Cl)cc(Cl)c2)cc1-c1ccc2cc(OC)ccc2c1. The first-order valence-corrected chi connectivity index (χ1v) is 10.6. The maximum absolute atomic E-state index is 6.20. The molecule has 154 valence electrons. The standard InChI is InChI=1S/C24H22Cl2N2O2/c1-3-4-9-30-28-24(15-23(27-28)19-11-20(25)14-21(26)12-19)18-6-5-17-13-22(29-2)8-7-16(17)10-18/h5-8,10-15H,3-4,9H2,1-2H3. The van der Waals surface area contributed by atoms with E-state index in [9.17, 15) is 0 Å². The van der Waals surface area contributed by atoms with Crippen LogP contribution >= 0.6 is 23.2 Å². The van der Waals surface area contributed by atoms with E-state index in [1.165, 1.54) is 0 Å². The molecular formula is C24H22Cl2N2O2. The molecule has 4 nitrogen and oxygen atoms in total. The number of aromatic nitrogens is 2. The lowest BCUT2D eigenvalue weighted by Crippen LogP contribution is -2.15. The summed E-state index contributed by atoms with van der Waals surface area (Å²) in [5.41, 5.74) is 3.48. The molecule has 0 unspecified atom stereocenters. The first-order valence-electron chi connectivity index (χ1n) is 9.85. The number of fused-ring (bicyclic) bond motifs is 1. The van der Waals surface area contributed by atoms with Crippen LogP contribution in [-0.4, -0.2) is 23.7 Å². The summed E-state index contributed by atoms with van der Waals surface area (Å²) in [6, 6.07) is 19.7. The second kappa shape index (κ2) is 8.99. The molecule has 0 aliphatic carbocycles. The molecule has 4 aromatic rings. The predicted octanol–water partition coefficient (Wildman–Crippen LogP) is 6.91. The maximum atomic E-state index is 6.20. The van der Waals surface area contributed by atoms with Gasteiger partial charge in [-0.1, -0.05) is 59.6 Å². The lowest BCUT2D eigenvalue weighted by molar-refractivity contribution is 0.0844. The number of hydrogen-bond donors (Lipinski definition) is 0. The zero-order valence-corrected chi connectivity index (χ0v) is 18.4. The lowest BCUT2D eigenvalue weighted by Gasteiger charge is -2.10. The molecule has 0 N–H and O–H groups in total. The highest BCUT2D eigenvalue weighted by molar-refractivity contribution is 6.35. The van der Waals surface area contributed by atoms with Crippen LogP contribution in [0.2, 0.25) is 10.0 Å². The van der Waals surface area contributed by atoms with Crippen molar-refractivity contribution in [3.63, 3.8) is 0 Å². The zero-order chi connectivity index (χ0) is 21.1. The van der Waals surface area contributed by atoms with Crippen molar-refractivity contribution in [2.75, 3.05) is 13.7 Å². The third-order valence-electron chi connectivity index (χ3n) is 4.89. The Balaban J connectivity index is 1.78. The van der Waals surface area contributed by atoms with Crippen molar-refractivity contribution in [3.05, 3.63) is 70.7 Å². The minimum absolute atomic E-state index is 0.570. The smallest absolute Gasteiger partial charge is 0.119 e. The predicted molar refractivity (Wildman–Crippen MR) is 124 cm³/mol. The van der Waals surface area contributed by atoms with Crippen LogP contribution < -0.4 is 9.57 Å². The second-order valence-corrected chi connectivity index (χ2v) is 7.93. The minimum Gasteiger partial charge on any atom is -0.497 e. The van der Waals surface area contributed by atoms with Crippen molar-refractivity contribution in [1.82, 2.24) is 9.94 Å². The molecule has 0 aliphatic heterocycles. The molecule has 0 fully saturated rings. The van der Waals surface area contributed by atoms with E-state index in [1.54, 1.807) is 18.0 Å². The summed E-state index contributed by atoms with van der Waals surface area (Å²) in [7, 11) is 1.67. The first-order chi connectivity index (χ1) is 14.6. The number of unbranched alkanes of at least 4 members (excludes halogenated alkanes) is 1. The molecule has 0 saturated heterocycles. The van der Waals surface area contributed by atoms with E-state index < -0.39 is 0 Å². The van der Waals surface area contributed by atoms with Crippen LogP contribution in [0.15, 0.2) is 60.7 Å². The van der Waals surface area contributed by atoms with Gasteiger partial charge in [-0.05, 0) is 59.7 Å². The normalized spacial score (nSPS) is 11.1. The minimum atomic E-state index is 0.570. The van der Waals surface area contributed by atoms with Crippen molar-refractivity contribution in [2.24, 2.45) is 0 Å². The van der Waals surface area contributed by atoms with Crippen LogP contribution in [0.4, 0.5) is 0 Å². The molecule has 0 bridgehead atoms. The zero-order valence-electron chi connectivity index (χ0n) is 16.9. The topological polar surface area (TPSA) is 36.3 Å². The van der Waals surface area contributed by atoms with Gasteiger partial charge in [0.2, 0.25) is 0 Å². The van der Waals surface area contributed by atoms with Gasteiger partial charge in [-0.15, -0.1) is 5.10 Å².